The molecular formula is C17H22N2O. The average Bonchev–Trinajstić information content (AvgIpc) is 2.72. The van der Waals surface area contributed by atoms with Crippen molar-refractivity contribution in [3.8, 4) is 0 Å². The highest BCUT2D eigenvalue weighted by Crippen LogP contribution is 2.21. The molecule has 1 fully saturated rings. The van der Waals surface area contributed by atoms with Gasteiger partial charge in [-0.2, -0.15) is 0 Å². The summed E-state index contributed by atoms with van der Waals surface area (Å²) < 4.78 is 0. The summed E-state index contributed by atoms with van der Waals surface area (Å²) in [5.74, 6) is 1.02. The number of para-hydroxylation sites is 1. The topological polar surface area (TPSA) is 36.1 Å². The van der Waals surface area contributed by atoms with Crippen molar-refractivity contribution in [3.05, 3.63) is 36.0 Å². The lowest BCUT2D eigenvalue weighted by Crippen LogP contribution is -2.33. The standard InChI is InChI=1S/C17H22N2O/c1-13-5-4-9-19(10-8-13)17(20)11-14-12-18-16-7-3-2-6-15(14)16/h2-3,6-7,12-13,18H,4-5,8-11H2,1H3. The second-order valence-electron chi connectivity index (χ2n) is 5.95. The Balaban J connectivity index is 1.72. The van der Waals surface area contributed by atoms with Crippen molar-refractivity contribution in [1.82, 2.24) is 9.88 Å². The number of H-pyrrole nitrogens is 1. The van der Waals surface area contributed by atoms with Gasteiger partial charge in [-0.25, -0.2) is 0 Å². The monoisotopic (exact) mass is 270 g/mol. The lowest BCUT2D eigenvalue weighted by atomic mass is 10.0. The van der Waals surface area contributed by atoms with Gasteiger partial charge in [-0.1, -0.05) is 25.1 Å². The molecule has 1 unspecified atom stereocenters. The van der Waals surface area contributed by atoms with Gasteiger partial charge in [0.1, 0.15) is 0 Å². The van der Waals surface area contributed by atoms with Crippen molar-refractivity contribution in [1.29, 1.82) is 0 Å². The van der Waals surface area contributed by atoms with E-state index in [4.69, 9.17) is 0 Å². The molecule has 2 heterocycles. The molecule has 3 rings (SSSR count). The summed E-state index contributed by atoms with van der Waals surface area (Å²) in [5, 5.41) is 1.17. The van der Waals surface area contributed by atoms with Crippen molar-refractivity contribution in [2.45, 2.75) is 32.6 Å². The first kappa shape index (κ1) is 13.2. The normalized spacial score (nSPS) is 20.1. The molecule has 0 spiro atoms. The summed E-state index contributed by atoms with van der Waals surface area (Å²) in [7, 11) is 0. The predicted molar refractivity (Wildman–Crippen MR) is 81.6 cm³/mol. The van der Waals surface area contributed by atoms with Gasteiger partial charge in [-0.15, -0.1) is 0 Å². The second kappa shape index (κ2) is 5.70. The number of hydrogen-bond acceptors (Lipinski definition) is 1. The predicted octanol–water partition coefficient (Wildman–Crippen LogP) is 3.36. The molecule has 20 heavy (non-hydrogen) atoms. The number of aromatic amines is 1. The van der Waals surface area contributed by atoms with E-state index >= 15 is 0 Å². The maximum atomic E-state index is 12.5. The van der Waals surface area contributed by atoms with Crippen LogP contribution in [-0.4, -0.2) is 28.9 Å². The highest BCUT2D eigenvalue weighted by molar-refractivity contribution is 5.88. The number of carbonyl (C=O) groups is 1. The fourth-order valence-electron chi connectivity index (χ4n) is 3.06. The van der Waals surface area contributed by atoms with Crippen molar-refractivity contribution < 1.29 is 4.79 Å². The lowest BCUT2D eigenvalue weighted by Gasteiger charge is -2.20. The molecule has 106 valence electrons. The third kappa shape index (κ3) is 2.72. The lowest BCUT2D eigenvalue weighted by molar-refractivity contribution is -0.130. The molecular weight excluding hydrogens is 248 g/mol. The van der Waals surface area contributed by atoms with Gasteiger partial charge in [0.2, 0.25) is 5.91 Å². The van der Waals surface area contributed by atoms with E-state index in [0.717, 1.165) is 42.9 Å². The third-order valence-electron chi connectivity index (χ3n) is 4.39. The minimum atomic E-state index is 0.267. The molecule has 1 amide bonds. The fourth-order valence-corrected chi connectivity index (χ4v) is 3.06. The van der Waals surface area contributed by atoms with Crippen LogP contribution >= 0.6 is 0 Å². The molecule has 0 saturated carbocycles. The molecule has 1 N–H and O–H groups in total. The molecule has 3 heteroatoms. The number of nitrogens with one attached hydrogen (secondary N) is 1. The molecule has 1 atom stereocenters. The van der Waals surface area contributed by atoms with Crippen molar-refractivity contribution >= 4 is 16.8 Å². The van der Waals surface area contributed by atoms with Gasteiger partial charge in [0.05, 0.1) is 6.42 Å². The highest BCUT2D eigenvalue weighted by atomic mass is 16.2. The first-order valence-electron chi connectivity index (χ1n) is 7.57. The second-order valence-corrected chi connectivity index (χ2v) is 5.95. The Labute approximate surface area is 120 Å². The fraction of sp³-hybridized carbons (Fsp3) is 0.471. The van der Waals surface area contributed by atoms with Crippen LogP contribution in [0.4, 0.5) is 0 Å². The van der Waals surface area contributed by atoms with Crippen LogP contribution < -0.4 is 0 Å². The Hall–Kier alpha value is -1.77. The minimum absolute atomic E-state index is 0.267. The summed E-state index contributed by atoms with van der Waals surface area (Å²) in [4.78, 5) is 17.8. The molecule has 2 aromatic rings. The molecule has 1 aliphatic rings. The number of fused-ring (bicyclic) bond motifs is 1. The number of hydrogen-bond donors (Lipinski definition) is 1. The van der Waals surface area contributed by atoms with Crippen molar-refractivity contribution in [3.63, 3.8) is 0 Å². The number of benzene rings is 1. The molecule has 1 aromatic heterocycles. The highest BCUT2D eigenvalue weighted by Gasteiger charge is 2.19. The van der Waals surface area contributed by atoms with Gasteiger partial charge in [-0.3, -0.25) is 4.79 Å². The largest absolute Gasteiger partial charge is 0.361 e. The maximum Gasteiger partial charge on any atom is 0.227 e. The smallest absolute Gasteiger partial charge is 0.227 e. The van der Waals surface area contributed by atoms with Gasteiger partial charge in [0, 0.05) is 30.2 Å². The van der Waals surface area contributed by atoms with Crippen LogP contribution in [0.5, 0.6) is 0 Å². The van der Waals surface area contributed by atoms with E-state index in [-0.39, 0.29) is 5.91 Å². The van der Waals surface area contributed by atoms with E-state index in [2.05, 4.69) is 24.0 Å². The summed E-state index contributed by atoms with van der Waals surface area (Å²) in [6.45, 7) is 4.13. The zero-order valence-electron chi connectivity index (χ0n) is 12.1. The van der Waals surface area contributed by atoms with Gasteiger partial charge in [0.25, 0.3) is 0 Å². The summed E-state index contributed by atoms with van der Waals surface area (Å²) in [5.41, 5.74) is 2.22. The summed E-state index contributed by atoms with van der Waals surface area (Å²) in [6, 6.07) is 8.17. The summed E-state index contributed by atoms with van der Waals surface area (Å²) >= 11 is 0. The Morgan fingerprint density at radius 2 is 2.15 bits per heavy atom. The molecule has 3 nitrogen and oxygen atoms in total. The number of likely N-dealkylation sites (tertiary alicyclic amines) is 1. The molecule has 1 aliphatic heterocycles. The van der Waals surface area contributed by atoms with E-state index in [1.165, 1.54) is 11.8 Å². The van der Waals surface area contributed by atoms with Crippen LogP contribution in [0.3, 0.4) is 0 Å². The van der Waals surface area contributed by atoms with Crippen LogP contribution in [0.2, 0.25) is 0 Å². The number of carbonyl (C=O) groups excluding carboxylic acids is 1. The van der Waals surface area contributed by atoms with Crippen LogP contribution in [0.15, 0.2) is 30.5 Å². The molecule has 1 saturated heterocycles. The SMILES string of the molecule is CC1CCCN(C(=O)Cc2c[nH]c3ccccc23)CC1. The minimum Gasteiger partial charge on any atom is -0.361 e. The van der Waals surface area contributed by atoms with Crippen molar-refractivity contribution in [2.24, 2.45) is 5.92 Å². The van der Waals surface area contributed by atoms with Crippen LogP contribution in [0.25, 0.3) is 10.9 Å². The quantitative estimate of drug-likeness (QED) is 0.892. The van der Waals surface area contributed by atoms with E-state index in [0.29, 0.717) is 6.42 Å². The molecule has 0 radical (unpaired) electrons. The Kier molecular flexibility index (Phi) is 3.77. The zero-order valence-corrected chi connectivity index (χ0v) is 12.1. The first-order valence-corrected chi connectivity index (χ1v) is 7.57. The van der Waals surface area contributed by atoms with E-state index in [1.807, 2.05) is 23.2 Å². The maximum absolute atomic E-state index is 12.5. The zero-order chi connectivity index (χ0) is 13.9. The number of aromatic nitrogens is 1. The number of amides is 1. The molecule has 0 aliphatic carbocycles. The van der Waals surface area contributed by atoms with Gasteiger partial charge >= 0.3 is 0 Å². The summed E-state index contributed by atoms with van der Waals surface area (Å²) in [6.07, 6.45) is 6.01. The Morgan fingerprint density at radius 1 is 1.30 bits per heavy atom. The van der Waals surface area contributed by atoms with Gasteiger partial charge in [-0.05, 0) is 36.8 Å². The van der Waals surface area contributed by atoms with E-state index < -0.39 is 0 Å². The van der Waals surface area contributed by atoms with Crippen molar-refractivity contribution in [2.75, 3.05) is 13.1 Å². The first-order chi connectivity index (χ1) is 9.74. The number of rotatable bonds is 2. The van der Waals surface area contributed by atoms with Crippen LogP contribution in [0, 0.1) is 5.92 Å². The Morgan fingerprint density at radius 3 is 3.05 bits per heavy atom. The van der Waals surface area contributed by atoms with Gasteiger partial charge < -0.3 is 9.88 Å². The number of nitrogens with zero attached hydrogens (tertiary/aromatic N) is 1. The third-order valence-corrected chi connectivity index (χ3v) is 4.39. The van der Waals surface area contributed by atoms with Crippen LogP contribution in [0.1, 0.15) is 31.7 Å². The van der Waals surface area contributed by atoms with Crippen LogP contribution in [-0.2, 0) is 11.2 Å². The average molecular weight is 270 g/mol. The van der Waals surface area contributed by atoms with E-state index in [1.54, 1.807) is 0 Å². The van der Waals surface area contributed by atoms with E-state index in [9.17, 15) is 4.79 Å². The van der Waals surface area contributed by atoms with Gasteiger partial charge in [0.15, 0.2) is 0 Å². The Bertz CT molecular complexity index is 602. The molecule has 1 aromatic carbocycles. The molecule has 0 bridgehead atoms.